The molecule has 0 spiro atoms. The molecule has 3 rings (SSSR count). The number of benzene rings is 1. The first-order chi connectivity index (χ1) is 10.8. The summed E-state index contributed by atoms with van der Waals surface area (Å²) in [6.45, 7) is 0. The Morgan fingerprint density at radius 3 is 2.50 bits per heavy atom. The third kappa shape index (κ3) is 3.01. The fourth-order valence-electron chi connectivity index (χ4n) is 1.99. The maximum absolute atomic E-state index is 13.8. The van der Waals surface area contributed by atoms with Crippen LogP contribution in [0.4, 0.5) is 21.8 Å². The van der Waals surface area contributed by atoms with E-state index in [9.17, 15) is 4.39 Å². The average molecular weight is 295 g/mol. The van der Waals surface area contributed by atoms with Crippen LogP contribution in [-0.4, -0.2) is 22.0 Å². The molecule has 3 aromatic rings. The summed E-state index contributed by atoms with van der Waals surface area (Å²) in [5, 5.41) is 5.88. The lowest BCUT2D eigenvalue weighted by molar-refractivity contribution is 0.632. The van der Waals surface area contributed by atoms with E-state index in [0.717, 1.165) is 11.3 Å². The fraction of sp³-hybridized carbons (Fsp3) is 0.0625. The molecule has 22 heavy (non-hydrogen) atoms. The van der Waals surface area contributed by atoms with E-state index in [1.807, 2.05) is 12.1 Å². The van der Waals surface area contributed by atoms with Crippen molar-refractivity contribution in [3.63, 3.8) is 0 Å². The second kappa shape index (κ2) is 6.17. The highest BCUT2D eigenvalue weighted by Crippen LogP contribution is 2.24. The molecule has 0 fully saturated rings. The van der Waals surface area contributed by atoms with Crippen LogP contribution in [0, 0.1) is 5.82 Å². The zero-order chi connectivity index (χ0) is 15.4. The molecule has 0 saturated heterocycles. The second-order valence-corrected chi connectivity index (χ2v) is 4.55. The number of hydrogen-bond donors (Lipinski definition) is 2. The third-order valence-electron chi connectivity index (χ3n) is 3.06. The zero-order valence-corrected chi connectivity index (χ0v) is 11.9. The molecule has 0 unspecified atom stereocenters. The van der Waals surface area contributed by atoms with E-state index in [4.69, 9.17) is 0 Å². The molecule has 0 aliphatic rings. The second-order valence-electron chi connectivity index (χ2n) is 4.55. The van der Waals surface area contributed by atoms with Crippen LogP contribution in [-0.2, 0) is 0 Å². The molecule has 0 radical (unpaired) electrons. The van der Waals surface area contributed by atoms with Gasteiger partial charge in [0.15, 0.2) is 0 Å². The SMILES string of the molecule is CNc1nc(Nc2ccccc2F)cc(-c2ccncc2)n1. The Kier molecular flexibility index (Phi) is 3.91. The number of pyridine rings is 1. The van der Waals surface area contributed by atoms with Crippen molar-refractivity contribution < 1.29 is 4.39 Å². The Morgan fingerprint density at radius 2 is 1.77 bits per heavy atom. The molecule has 0 atom stereocenters. The van der Waals surface area contributed by atoms with Gasteiger partial charge >= 0.3 is 0 Å². The van der Waals surface area contributed by atoms with Gasteiger partial charge in [0.1, 0.15) is 11.6 Å². The maximum atomic E-state index is 13.8. The lowest BCUT2D eigenvalue weighted by Gasteiger charge is -2.10. The number of hydrogen-bond acceptors (Lipinski definition) is 5. The molecule has 0 bridgehead atoms. The standard InChI is InChI=1S/C16H14FN5/c1-18-16-21-14(11-6-8-19-9-7-11)10-15(22-16)20-13-5-3-2-4-12(13)17/h2-10H,1H3,(H2,18,20,21,22). The summed E-state index contributed by atoms with van der Waals surface area (Å²) in [5.41, 5.74) is 2.00. The van der Waals surface area contributed by atoms with E-state index >= 15 is 0 Å². The number of nitrogens with one attached hydrogen (secondary N) is 2. The lowest BCUT2D eigenvalue weighted by atomic mass is 10.2. The molecule has 110 valence electrons. The van der Waals surface area contributed by atoms with Crippen molar-refractivity contribution in [2.24, 2.45) is 0 Å². The Bertz CT molecular complexity index is 776. The molecular weight excluding hydrogens is 281 g/mol. The van der Waals surface area contributed by atoms with Crippen molar-refractivity contribution in [2.75, 3.05) is 17.7 Å². The van der Waals surface area contributed by atoms with E-state index < -0.39 is 0 Å². The van der Waals surface area contributed by atoms with E-state index in [-0.39, 0.29) is 5.82 Å². The van der Waals surface area contributed by atoms with Crippen molar-refractivity contribution >= 4 is 17.5 Å². The van der Waals surface area contributed by atoms with Crippen LogP contribution >= 0.6 is 0 Å². The van der Waals surface area contributed by atoms with Crippen LogP contribution in [0.1, 0.15) is 0 Å². The summed E-state index contributed by atoms with van der Waals surface area (Å²) in [4.78, 5) is 12.7. The van der Waals surface area contributed by atoms with Gasteiger partial charge in [-0.25, -0.2) is 9.37 Å². The number of para-hydroxylation sites is 1. The van der Waals surface area contributed by atoms with Crippen LogP contribution in [0.2, 0.25) is 0 Å². The summed E-state index contributed by atoms with van der Waals surface area (Å²) in [7, 11) is 1.73. The molecule has 0 aliphatic heterocycles. The molecule has 1 aromatic carbocycles. The summed E-state index contributed by atoms with van der Waals surface area (Å²) < 4.78 is 13.8. The quantitative estimate of drug-likeness (QED) is 0.771. The highest BCUT2D eigenvalue weighted by molar-refractivity contribution is 5.67. The van der Waals surface area contributed by atoms with Crippen molar-refractivity contribution in [1.82, 2.24) is 15.0 Å². The summed E-state index contributed by atoms with van der Waals surface area (Å²) in [6, 6.07) is 11.9. The molecule has 0 saturated carbocycles. The molecule has 2 heterocycles. The summed E-state index contributed by atoms with van der Waals surface area (Å²) in [6.07, 6.45) is 3.39. The first-order valence-corrected chi connectivity index (χ1v) is 6.75. The van der Waals surface area contributed by atoms with Crippen molar-refractivity contribution in [3.05, 3.63) is 60.7 Å². The van der Waals surface area contributed by atoms with Gasteiger partial charge in [0.05, 0.1) is 11.4 Å². The Labute approximate surface area is 127 Å². The molecule has 0 aliphatic carbocycles. The predicted molar refractivity (Wildman–Crippen MR) is 84.5 cm³/mol. The van der Waals surface area contributed by atoms with Gasteiger partial charge in [-0.3, -0.25) is 4.98 Å². The van der Waals surface area contributed by atoms with Crippen LogP contribution in [0.5, 0.6) is 0 Å². The van der Waals surface area contributed by atoms with Gasteiger partial charge in [-0.2, -0.15) is 4.98 Å². The van der Waals surface area contributed by atoms with Crippen LogP contribution in [0.25, 0.3) is 11.3 Å². The van der Waals surface area contributed by atoms with Crippen molar-refractivity contribution in [2.45, 2.75) is 0 Å². The molecular formula is C16H14FN5. The third-order valence-corrected chi connectivity index (χ3v) is 3.06. The highest BCUT2D eigenvalue weighted by atomic mass is 19.1. The van der Waals surface area contributed by atoms with E-state index in [0.29, 0.717) is 17.5 Å². The minimum atomic E-state index is -0.336. The maximum Gasteiger partial charge on any atom is 0.224 e. The number of halogens is 1. The van der Waals surface area contributed by atoms with Gasteiger partial charge in [-0.1, -0.05) is 12.1 Å². The molecule has 0 amide bonds. The highest BCUT2D eigenvalue weighted by Gasteiger charge is 2.08. The zero-order valence-electron chi connectivity index (χ0n) is 11.9. The minimum absolute atomic E-state index is 0.336. The molecule has 2 aromatic heterocycles. The molecule has 5 nitrogen and oxygen atoms in total. The largest absolute Gasteiger partial charge is 0.357 e. The van der Waals surface area contributed by atoms with Crippen LogP contribution < -0.4 is 10.6 Å². The van der Waals surface area contributed by atoms with E-state index in [2.05, 4.69) is 25.6 Å². The van der Waals surface area contributed by atoms with Gasteiger partial charge in [0, 0.05) is 31.1 Å². The first kappa shape index (κ1) is 13.9. The summed E-state index contributed by atoms with van der Waals surface area (Å²) >= 11 is 0. The Hall–Kier alpha value is -3.02. The van der Waals surface area contributed by atoms with Gasteiger partial charge in [0.2, 0.25) is 5.95 Å². The van der Waals surface area contributed by atoms with Gasteiger partial charge in [0.25, 0.3) is 0 Å². The fourth-order valence-corrected chi connectivity index (χ4v) is 1.99. The van der Waals surface area contributed by atoms with Crippen molar-refractivity contribution in [3.8, 4) is 11.3 Å². The van der Waals surface area contributed by atoms with Crippen LogP contribution in [0.15, 0.2) is 54.9 Å². The topological polar surface area (TPSA) is 62.7 Å². The van der Waals surface area contributed by atoms with Gasteiger partial charge in [-0.15, -0.1) is 0 Å². The normalized spacial score (nSPS) is 10.3. The lowest BCUT2D eigenvalue weighted by Crippen LogP contribution is -2.03. The molecule has 2 N–H and O–H groups in total. The number of anilines is 3. The smallest absolute Gasteiger partial charge is 0.224 e. The van der Waals surface area contributed by atoms with Crippen molar-refractivity contribution in [1.29, 1.82) is 0 Å². The monoisotopic (exact) mass is 295 g/mol. The predicted octanol–water partition coefficient (Wildman–Crippen LogP) is 3.46. The number of rotatable bonds is 4. The Morgan fingerprint density at radius 1 is 1.00 bits per heavy atom. The van der Waals surface area contributed by atoms with Gasteiger partial charge < -0.3 is 10.6 Å². The molecule has 6 heteroatoms. The average Bonchev–Trinajstić information content (AvgIpc) is 2.57. The Balaban J connectivity index is 2.00. The summed E-state index contributed by atoms with van der Waals surface area (Å²) in [5.74, 6) is 0.627. The number of nitrogens with zero attached hydrogens (tertiary/aromatic N) is 3. The van der Waals surface area contributed by atoms with Crippen LogP contribution in [0.3, 0.4) is 0 Å². The van der Waals surface area contributed by atoms with E-state index in [1.54, 1.807) is 43.7 Å². The van der Waals surface area contributed by atoms with Gasteiger partial charge in [-0.05, 0) is 24.3 Å². The minimum Gasteiger partial charge on any atom is -0.357 e. The number of aromatic nitrogens is 3. The van der Waals surface area contributed by atoms with E-state index in [1.165, 1.54) is 6.07 Å². The first-order valence-electron chi connectivity index (χ1n) is 6.75.